The number of carbonyl (C=O) groups excluding carboxylic acids is 1. The number of benzene rings is 1. The topological polar surface area (TPSA) is 51.2 Å². The first-order valence-corrected chi connectivity index (χ1v) is 8.05. The van der Waals surface area contributed by atoms with Gasteiger partial charge in [-0.05, 0) is 38.0 Å². The first-order chi connectivity index (χ1) is 10.6. The minimum absolute atomic E-state index is 0.290. The summed E-state index contributed by atoms with van der Waals surface area (Å²) in [6, 6.07) is 3.86. The maximum atomic E-state index is 11.9. The molecule has 0 aliphatic rings. The minimum atomic E-state index is -0.455. The van der Waals surface area contributed by atoms with Crippen molar-refractivity contribution in [3.8, 4) is 0 Å². The van der Waals surface area contributed by atoms with E-state index >= 15 is 0 Å². The summed E-state index contributed by atoms with van der Waals surface area (Å²) in [6.45, 7) is 4.83. The molecule has 4 nitrogen and oxygen atoms in total. The molecular formula is C16H18Cl2N2O2. The molecule has 0 unspecified atom stereocenters. The van der Waals surface area contributed by atoms with Crippen LogP contribution in [0.15, 0.2) is 18.3 Å². The van der Waals surface area contributed by atoms with Crippen molar-refractivity contribution >= 4 is 45.8 Å². The molecule has 1 heterocycles. The van der Waals surface area contributed by atoms with Crippen molar-refractivity contribution in [1.82, 2.24) is 4.98 Å². The summed E-state index contributed by atoms with van der Waals surface area (Å²) in [5, 5.41) is 4.44. The molecule has 0 spiro atoms. The third-order valence-electron chi connectivity index (χ3n) is 3.27. The number of esters is 1. The van der Waals surface area contributed by atoms with E-state index in [1.165, 1.54) is 6.20 Å². The van der Waals surface area contributed by atoms with Gasteiger partial charge in [0.1, 0.15) is 0 Å². The molecule has 0 amide bonds. The molecule has 0 saturated heterocycles. The number of anilines is 1. The maximum absolute atomic E-state index is 11.9. The Balaban J connectivity index is 2.40. The van der Waals surface area contributed by atoms with Crippen molar-refractivity contribution in [2.45, 2.75) is 20.3 Å². The molecule has 0 aliphatic carbocycles. The standard InChI is InChI=1S/C16H18Cl2N2O2/c1-3-22-16(21)12-9-20-14-8-13(19-6-4-5-17)10(2)7-11(14)15(12)18/h7-9,19H,3-6H2,1-2H3. The monoisotopic (exact) mass is 340 g/mol. The molecule has 2 aromatic rings. The maximum Gasteiger partial charge on any atom is 0.341 e. The molecular weight excluding hydrogens is 323 g/mol. The number of ether oxygens (including phenoxy) is 1. The summed E-state index contributed by atoms with van der Waals surface area (Å²) < 4.78 is 4.99. The Morgan fingerprint density at radius 2 is 2.18 bits per heavy atom. The number of halogens is 2. The summed E-state index contributed by atoms with van der Waals surface area (Å²) in [5.41, 5.74) is 3.05. The van der Waals surface area contributed by atoms with E-state index in [-0.39, 0.29) is 0 Å². The molecule has 1 N–H and O–H groups in total. The number of rotatable bonds is 6. The zero-order chi connectivity index (χ0) is 16.1. The molecule has 2 rings (SSSR count). The Morgan fingerprint density at radius 3 is 2.86 bits per heavy atom. The lowest BCUT2D eigenvalue weighted by Gasteiger charge is -2.12. The van der Waals surface area contributed by atoms with Crippen molar-refractivity contribution in [1.29, 1.82) is 0 Å². The van der Waals surface area contributed by atoms with E-state index in [9.17, 15) is 4.79 Å². The van der Waals surface area contributed by atoms with Crippen LogP contribution in [0.3, 0.4) is 0 Å². The van der Waals surface area contributed by atoms with Crippen molar-refractivity contribution in [2.24, 2.45) is 0 Å². The number of hydrogen-bond acceptors (Lipinski definition) is 4. The fourth-order valence-electron chi connectivity index (χ4n) is 2.15. The molecule has 0 fully saturated rings. The van der Waals surface area contributed by atoms with Crippen LogP contribution in [-0.2, 0) is 4.74 Å². The van der Waals surface area contributed by atoms with Gasteiger partial charge in [-0.2, -0.15) is 0 Å². The van der Waals surface area contributed by atoms with Crippen LogP contribution in [0.5, 0.6) is 0 Å². The third kappa shape index (κ3) is 3.62. The second-order valence-electron chi connectivity index (χ2n) is 4.86. The van der Waals surface area contributed by atoms with Crippen LogP contribution < -0.4 is 5.32 Å². The van der Waals surface area contributed by atoms with Crippen LogP contribution in [0.25, 0.3) is 10.9 Å². The highest BCUT2D eigenvalue weighted by molar-refractivity contribution is 6.38. The van der Waals surface area contributed by atoms with E-state index in [2.05, 4.69) is 10.3 Å². The lowest BCUT2D eigenvalue weighted by molar-refractivity contribution is 0.0526. The number of carbonyl (C=O) groups is 1. The lowest BCUT2D eigenvalue weighted by atomic mass is 10.1. The van der Waals surface area contributed by atoms with Crippen LogP contribution in [0.1, 0.15) is 29.3 Å². The van der Waals surface area contributed by atoms with Crippen LogP contribution in [0.2, 0.25) is 5.02 Å². The first kappa shape index (κ1) is 16.8. The largest absolute Gasteiger partial charge is 0.462 e. The summed E-state index contributed by atoms with van der Waals surface area (Å²) in [4.78, 5) is 16.2. The van der Waals surface area contributed by atoms with Gasteiger partial charge in [-0.3, -0.25) is 4.98 Å². The van der Waals surface area contributed by atoms with Gasteiger partial charge in [0.2, 0.25) is 0 Å². The number of nitrogens with zero attached hydrogens (tertiary/aromatic N) is 1. The summed E-state index contributed by atoms with van der Waals surface area (Å²) in [7, 11) is 0. The summed E-state index contributed by atoms with van der Waals surface area (Å²) >= 11 is 12.0. The summed E-state index contributed by atoms with van der Waals surface area (Å²) in [6.07, 6.45) is 2.34. The normalized spacial score (nSPS) is 10.7. The van der Waals surface area contributed by atoms with E-state index in [0.29, 0.717) is 23.1 Å². The van der Waals surface area contributed by atoms with Gasteiger partial charge in [0, 0.05) is 29.7 Å². The van der Waals surface area contributed by atoms with Gasteiger partial charge in [0.05, 0.1) is 22.7 Å². The third-order valence-corrected chi connectivity index (χ3v) is 3.94. The number of alkyl halides is 1. The second-order valence-corrected chi connectivity index (χ2v) is 5.62. The molecule has 1 aromatic heterocycles. The van der Waals surface area contributed by atoms with Gasteiger partial charge < -0.3 is 10.1 Å². The van der Waals surface area contributed by atoms with E-state index in [1.54, 1.807) is 6.92 Å². The highest BCUT2D eigenvalue weighted by Crippen LogP contribution is 2.30. The minimum Gasteiger partial charge on any atom is -0.462 e. The smallest absolute Gasteiger partial charge is 0.341 e. The molecule has 0 aliphatic heterocycles. The van der Waals surface area contributed by atoms with Gasteiger partial charge in [-0.25, -0.2) is 4.79 Å². The molecule has 22 heavy (non-hydrogen) atoms. The van der Waals surface area contributed by atoms with Gasteiger partial charge in [0.15, 0.2) is 0 Å². The Kier molecular flexibility index (Phi) is 5.86. The average Bonchev–Trinajstić information content (AvgIpc) is 2.49. The Morgan fingerprint density at radius 1 is 1.41 bits per heavy atom. The molecule has 0 radical (unpaired) electrons. The van der Waals surface area contributed by atoms with Gasteiger partial charge >= 0.3 is 5.97 Å². The van der Waals surface area contributed by atoms with E-state index in [1.807, 2.05) is 19.1 Å². The van der Waals surface area contributed by atoms with E-state index < -0.39 is 5.97 Å². The fourth-order valence-corrected chi connectivity index (χ4v) is 2.56. The lowest BCUT2D eigenvalue weighted by Crippen LogP contribution is -2.07. The van der Waals surface area contributed by atoms with Crippen LogP contribution >= 0.6 is 23.2 Å². The molecule has 6 heteroatoms. The van der Waals surface area contributed by atoms with E-state index in [0.717, 1.165) is 35.1 Å². The first-order valence-electron chi connectivity index (χ1n) is 7.14. The predicted octanol–water partition coefficient (Wildman–Crippen LogP) is 4.41. The number of aryl methyl sites for hydroxylation is 1. The Hall–Kier alpha value is -1.52. The molecule has 0 saturated carbocycles. The van der Waals surface area contributed by atoms with Crippen molar-refractivity contribution in [3.05, 3.63) is 34.5 Å². The van der Waals surface area contributed by atoms with Crippen LogP contribution in [-0.4, -0.2) is 30.0 Å². The van der Waals surface area contributed by atoms with Crippen molar-refractivity contribution in [3.63, 3.8) is 0 Å². The molecule has 1 aromatic carbocycles. The number of fused-ring (bicyclic) bond motifs is 1. The zero-order valence-corrected chi connectivity index (χ0v) is 14.1. The Bertz CT molecular complexity index is 689. The van der Waals surface area contributed by atoms with Gasteiger partial charge in [0.25, 0.3) is 0 Å². The highest BCUT2D eigenvalue weighted by Gasteiger charge is 2.16. The number of aromatic nitrogens is 1. The van der Waals surface area contributed by atoms with Gasteiger partial charge in [-0.1, -0.05) is 11.6 Å². The van der Waals surface area contributed by atoms with E-state index in [4.69, 9.17) is 27.9 Å². The van der Waals surface area contributed by atoms with Gasteiger partial charge in [-0.15, -0.1) is 11.6 Å². The average molecular weight is 341 g/mol. The Labute approximate surface area is 139 Å². The second kappa shape index (κ2) is 7.65. The number of pyridine rings is 1. The summed E-state index contributed by atoms with van der Waals surface area (Å²) in [5.74, 6) is 0.163. The highest BCUT2D eigenvalue weighted by atomic mass is 35.5. The fraction of sp³-hybridized carbons (Fsp3) is 0.375. The van der Waals surface area contributed by atoms with Crippen molar-refractivity contribution in [2.75, 3.05) is 24.3 Å². The quantitative estimate of drug-likeness (QED) is 0.480. The van der Waals surface area contributed by atoms with Crippen LogP contribution in [0, 0.1) is 6.92 Å². The SMILES string of the molecule is CCOC(=O)c1cnc2cc(NCCCCl)c(C)cc2c1Cl. The number of hydrogen-bond donors (Lipinski definition) is 1. The number of nitrogens with one attached hydrogen (secondary N) is 1. The van der Waals surface area contributed by atoms with Crippen LogP contribution in [0.4, 0.5) is 5.69 Å². The zero-order valence-electron chi connectivity index (χ0n) is 12.6. The molecule has 0 atom stereocenters. The molecule has 0 bridgehead atoms. The van der Waals surface area contributed by atoms with Crippen molar-refractivity contribution < 1.29 is 9.53 Å². The predicted molar refractivity (Wildman–Crippen MR) is 91.3 cm³/mol. The molecule has 118 valence electrons.